The summed E-state index contributed by atoms with van der Waals surface area (Å²) in [4.78, 5) is 12.6. The second-order valence-corrected chi connectivity index (χ2v) is 6.99. The largest absolute Gasteiger partial charge is 2.00 e. The molecule has 0 bridgehead atoms. The predicted octanol–water partition coefficient (Wildman–Crippen LogP) is -10.0. The van der Waals surface area contributed by atoms with Gasteiger partial charge in [-0.15, -0.1) is 0 Å². The molecule has 0 spiro atoms. The van der Waals surface area contributed by atoms with Crippen molar-refractivity contribution in [3.63, 3.8) is 0 Å². The number of guanidine groups is 8. The van der Waals surface area contributed by atoms with Crippen LogP contribution < -0.4 is 58.4 Å². The van der Waals surface area contributed by atoms with Crippen LogP contribution in [0.15, 0.2) is 9.98 Å². The molecule has 256 valence electrons. The number of nitrogens with two attached hydrogens (primary N) is 4. The molecule has 0 aromatic carbocycles. The quantitative estimate of drug-likeness (QED) is 0.0632. The zero-order valence-corrected chi connectivity index (χ0v) is 27.9. The van der Waals surface area contributed by atoms with E-state index in [0.29, 0.717) is 0 Å². The Morgan fingerprint density at radius 1 is 0.524 bits per heavy atom. The van der Waals surface area contributed by atoms with Crippen LogP contribution in [0.5, 0.6) is 0 Å². The molecule has 0 aliphatic heterocycles. The monoisotopic (exact) mass is 736 g/mol. The molecule has 0 aromatic heterocycles. The zero-order chi connectivity index (χ0) is 29.8. The van der Waals surface area contributed by atoms with Crippen molar-refractivity contribution < 1.29 is 68.7 Å². The molecule has 42 heavy (non-hydrogen) atoms. The van der Waals surface area contributed by atoms with Crippen LogP contribution in [0.4, 0.5) is 0 Å². The Labute approximate surface area is 279 Å². The molecule has 0 aliphatic carbocycles. The Kier molecular flexibility index (Phi) is 59.4. The van der Waals surface area contributed by atoms with Crippen molar-refractivity contribution in [2.45, 2.75) is 0 Å². The molecule has 0 aromatic rings. The van der Waals surface area contributed by atoms with Gasteiger partial charge >= 0.3 is 33.0 Å². The number of nitrogens with zero attached hydrogens (tertiary/aromatic N) is 6. The van der Waals surface area contributed by atoms with Crippen LogP contribution in [-0.2, 0) is 33.0 Å². The fraction of sp³-hybridized carbons (Fsp3) is 0.500. The molecule has 22 N–H and O–H groups in total. The molecule has 22 nitrogen and oxygen atoms in total. The Morgan fingerprint density at radius 3 is 0.762 bits per heavy atom. The van der Waals surface area contributed by atoms with Gasteiger partial charge in [0, 0.05) is 40.1 Å². The Bertz CT molecular complexity index is 758. The summed E-state index contributed by atoms with van der Waals surface area (Å²) in [7, 11) is 13.4. The molecule has 0 unspecified atom stereocenters. The third-order valence-electron chi connectivity index (χ3n) is 2.70. The van der Waals surface area contributed by atoms with Gasteiger partial charge in [-0.25, -0.2) is 0 Å². The van der Waals surface area contributed by atoms with Gasteiger partial charge in [0.05, 0.1) is 0 Å². The first-order valence-corrected chi connectivity index (χ1v) is 9.52. The van der Waals surface area contributed by atoms with E-state index in [-0.39, 0.29) is 116 Å². The summed E-state index contributed by atoms with van der Waals surface area (Å²) >= 11 is 0. The summed E-state index contributed by atoms with van der Waals surface area (Å²) in [5.74, 6) is -0.903. The summed E-state index contributed by atoms with van der Waals surface area (Å²) in [6.07, 6.45) is 0. The van der Waals surface area contributed by atoms with Crippen molar-refractivity contribution >= 4 is 47.7 Å². The molecule has 0 amide bonds. The van der Waals surface area contributed by atoms with Crippen molar-refractivity contribution in [3.8, 4) is 0 Å². The standard InChI is InChI=1S/2C4H11N5.2C4H10N5.2ClH.2Ni.2H2O/c4*1-9(2)4(7)8-3(5)6;;;;;;/h2*1-2H3,(H5,5,6,7,8);2*1-2H3,(H4-,5,6,7,8);2*1H;;;2*1H2/q;;2*-1;;;2*+2;;/p-2. The molecule has 0 atom stereocenters. The van der Waals surface area contributed by atoms with Crippen molar-refractivity contribution in [1.29, 1.82) is 32.5 Å². The summed E-state index contributed by atoms with van der Waals surface area (Å²) in [5, 5.41) is 45.5. The Morgan fingerprint density at radius 2 is 0.714 bits per heavy atom. The van der Waals surface area contributed by atoms with E-state index in [1.807, 2.05) is 0 Å². The molecule has 0 saturated heterocycles. The number of halogens is 2. The summed E-state index contributed by atoms with van der Waals surface area (Å²) in [6, 6.07) is 0. The van der Waals surface area contributed by atoms with E-state index in [2.05, 4.69) is 20.6 Å². The number of nitrogens with one attached hydrogen (secondary N) is 10. The van der Waals surface area contributed by atoms with Crippen LogP contribution in [-0.4, -0.2) is 135 Å². The minimum absolute atomic E-state index is 0. The Hall–Kier alpha value is -3.55. The minimum atomic E-state index is -0.339. The van der Waals surface area contributed by atoms with Crippen molar-refractivity contribution in [2.75, 3.05) is 56.4 Å². The zero-order valence-electron chi connectivity index (χ0n) is 24.4. The number of rotatable bonds is 0. The SMILES string of the molecule is CN(C)/C([NH-])=N/C(=N)N.CN(C)/C([NH-])=N/C(=N)N.CN(C)C(=N)NC(=N)N.CN(C)C(=N)NC(=N)N.O.O.[Cl-].[Cl-].[Ni+2].[Ni+2]. The summed E-state index contributed by atoms with van der Waals surface area (Å²) in [6.45, 7) is 0. The molecule has 0 aliphatic rings. The van der Waals surface area contributed by atoms with Crippen LogP contribution in [0.2, 0.25) is 0 Å². The van der Waals surface area contributed by atoms with Gasteiger partial charge in [-0.3, -0.25) is 43.1 Å². The van der Waals surface area contributed by atoms with Crippen molar-refractivity contribution in [2.24, 2.45) is 32.9 Å². The first kappa shape index (κ1) is 66.6. The second kappa shape index (κ2) is 37.4. The van der Waals surface area contributed by atoms with Gasteiger partial charge < -0.3 is 99.8 Å². The number of hydrogen-bond acceptors (Lipinski definition) is 6. The maximum atomic E-state index is 7.07. The van der Waals surface area contributed by atoms with Gasteiger partial charge in [-0.2, -0.15) is 0 Å². The number of hydrogen-bond donors (Lipinski definition) is 12. The molecule has 0 saturated carbocycles. The molecule has 0 fully saturated rings. The van der Waals surface area contributed by atoms with Gasteiger partial charge in [0.1, 0.15) is 11.9 Å². The van der Waals surface area contributed by atoms with Gasteiger partial charge in [0.15, 0.2) is 23.8 Å². The molecular formula is C16H46Cl2N20Ni2O2. The maximum Gasteiger partial charge on any atom is 2.00 e. The van der Waals surface area contributed by atoms with Gasteiger partial charge in [-0.1, -0.05) is 0 Å². The minimum Gasteiger partial charge on any atom is -1.00 e. The topological polar surface area (TPSA) is 420 Å². The van der Waals surface area contributed by atoms with E-state index in [9.17, 15) is 0 Å². The third-order valence-corrected chi connectivity index (χ3v) is 2.70. The van der Waals surface area contributed by atoms with Gasteiger partial charge in [-0.05, 0) is 28.2 Å². The van der Waals surface area contributed by atoms with Gasteiger partial charge in [0.2, 0.25) is 0 Å². The van der Waals surface area contributed by atoms with E-state index < -0.39 is 0 Å². The van der Waals surface area contributed by atoms with Crippen LogP contribution in [0.25, 0.3) is 11.5 Å². The first-order valence-electron chi connectivity index (χ1n) is 9.52. The van der Waals surface area contributed by atoms with Crippen LogP contribution in [0.1, 0.15) is 0 Å². The maximum absolute atomic E-state index is 7.07. The predicted molar refractivity (Wildman–Crippen MR) is 155 cm³/mol. The fourth-order valence-corrected chi connectivity index (χ4v) is 0.907. The van der Waals surface area contributed by atoms with Crippen molar-refractivity contribution in [1.82, 2.24) is 30.2 Å². The molecular weight excluding hydrogens is 693 g/mol. The average Bonchev–Trinajstić information content (AvgIpc) is 2.67. The van der Waals surface area contributed by atoms with Crippen LogP contribution in [0, 0.1) is 32.5 Å². The van der Waals surface area contributed by atoms with E-state index in [1.54, 1.807) is 56.4 Å². The molecule has 0 rings (SSSR count). The van der Waals surface area contributed by atoms with E-state index in [1.165, 1.54) is 19.6 Å². The van der Waals surface area contributed by atoms with E-state index >= 15 is 0 Å². The van der Waals surface area contributed by atoms with Gasteiger partial charge in [0.25, 0.3) is 0 Å². The smallest absolute Gasteiger partial charge is 1.00 e. The molecule has 0 heterocycles. The second-order valence-electron chi connectivity index (χ2n) is 6.99. The Balaban J connectivity index is -0.0000000388. The summed E-state index contributed by atoms with van der Waals surface area (Å²) < 4.78 is 0. The van der Waals surface area contributed by atoms with Crippen molar-refractivity contribution in [3.05, 3.63) is 11.5 Å². The van der Waals surface area contributed by atoms with Crippen LogP contribution >= 0.6 is 0 Å². The van der Waals surface area contributed by atoms with E-state index in [4.69, 9.17) is 66.9 Å². The number of aliphatic imine (C=N–C) groups is 2. The molecule has 26 heteroatoms. The first-order chi connectivity index (χ1) is 16.1. The summed E-state index contributed by atoms with van der Waals surface area (Å²) in [5.41, 5.74) is 33.7. The third kappa shape index (κ3) is 56.6. The fourth-order valence-electron chi connectivity index (χ4n) is 0.907. The van der Waals surface area contributed by atoms with E-state index in [0.717, 1.165) is 0 Å². The average molecular weight is 739 g/mol. The normalized spacial score (nSPS) is 8.29. The van der Waals surface area contributed by atoms with Crippen LogP contribution in [0.3, 0.4) is 0 Å². The molecule has 0 radical (unpaired) electrons.